The second-order valence-electron chi connectivity index (χ2n) is 4.62. The standard InChI is InChI=1S/C12H21N7S/c1-4-10(2)18-7-5-11(15-18)9-20-12-14-16-17-19(12)8-6-13-3/h5,7,10,13H,4,6,8-9H2,1-3H3. The predicted octanol–water partition coefficient (Wildman–Crippen LogP) is 1.35. The van der Waals surface area contributed by atoms with E-state index in [1.165, 1.54) is 0 Å². The van der Waals surface area contributed by atoms with Crippen LogP contribution in [0, 0.1) is 0 Å². The topological polar surface area (TPSA) is 73.5 Å². The Morgan fingerprint density at radius 1 is 1.45 bits per heavy atom. The van der Waals surface area contributed by atoms with Gasteiger partial charge < -0.3 is 5.32 Å². The number of thioether (sulfide) groups is 1. The molecule has 0 saturated heterocycles. The van der Waals surface area contributed by atoms with Gasteiger partial charge in [0, 0.05) is 24.5 Å². The molecule has 0 fully saturated rings. The van der Waals surface area contributed by atoms with Gasteiger partial charge in [-0.15, -0.1) is 5.10 Å². The minimum Gasteiger partial charge on any atom is -0.318 e. The zero-order chi connectivity index (χ0) is 14.4. The smallest absolute Gasteiger partial charge is 0.209 e. The lowest BCUT2D eigenvalue weighted by Gasteiger charge is -2.08. The SMILES string of the molecule is CCC(C)n1ccc(CSc2nnnn2CCNC)n1. The molecule has 0 radical (unpaired) electrons. The molecule has 110 valence electrons. The number of rotatable bonds is 8. The van der Waals surface area contributed by atoms with E-state index < -0.39 is 0 Å². The Morgan fingerprint density at radius 2 is 2.30 bits per heavy atom. The summed E-state index contributed by atoms with van der Waals surface area (Å²) < 4.78 is 3.83. The van der Waals surface area contributed by atoms with E-state index in [0.29, 0.717) is 6.04 Å². The van der Waals surface area contributed by atoms with E-state index in [1.54, 1.807) is 11.8 Å². The lowest BCUT2D eigenvalue weighted by molar-refractivity contribution is 0.475. The van der Waals surface area contributed by atoms with Gasteiger partial charge in [-0.25, -0.2) is 4.68 Å². The van der Waals surface area contributed by atoms with Crippen molar-refractivity contribution in [3.8, 4) is 0 Å². The van der Waals surface area contributed by atoms with Crippen LogP contribution in [0.1, 0.15) is 32.0 Å². The molecule has 7 nitrogen and oxygen atoms in total. The lowest BCUT2D eigenvalue weighted by atomic mass is 10.3. The molecule has 0 saturated carbocycles. The minimum absolute atomic E-state index is 0.440. The molecular weight excluding hydrogens is 274 g/mol. The summed E-state index contributed by atoms with van der Waals surface area (Å²) in [5.74, 6) is 0.781. The molecule has 2 aromatic rings. The summed E-state index contributed by atoms with van der Waals surface area (Å²) in [6.45, 7) is 5.95. The molecule has 1 unspecified atom stereocenters. The summed E-state index contributed by atoms with van der Waals surface area (Å²) in [4.78, 5) is 0. The van der Waals surface area contributed by atoms with Gasteiger partial charge in [-0.3, -0.25) is 4.68 Å². The van der Waals surface area contributed by atoms with Crippen molar-refractivity contribution in [1.82, 2.24) is 35.3 Å². The Balaban J connectivity index is 1.92. The lowest BCUT2D eigenvalue weighted by Crippen LogP contribution is -2.16. The Morgan fingerprint density at radius 3 is 3.05 bits per heavy atom. The van der Waals surface area contributed by atoms with Crippen LogP contribution in [0.15, 0.2) is 17.4 Å². The number of tetrazole rings is 1. The number of likely N-dealkylation sites (N-methyl/N-ethyl adjacent to an activating group) is 1. The zero-order valence-corrected chi connectivity index (χ0v) is 13.0. The maximum absolute atomic E-state index is 4.58. The summed E-state index contributed by atoms with van der Waals surface area (Å²) in [5.41, 5.74) is 1.05. The van der Waals surface area contributed by atoms with Crippen molar-refractivity contribution in [2.75, 3.05) is 13.6 Å². The molecule has 8 heteroatoms. The highest BCUT2D eigenvalue weighted by molar-refractivity contribution is 7.98. The molecule has 1 atom stereocenters. The third-order valence-electron chi connectivity index (χ3n) is 3.13. The van der Waals surface area contributed by atoms with E-state index in [1.807, 2.05) is 22.6 Å². The van der Waals surface area contributed by atoms with Gasteiger partial charge in [-0.2, -0.15) is 5.10 Å². The first-order valence-electron chi connectivity index (χ1n) is 6.82. The molecule has 2 aromatic heterocycles. The van der Waals surface area contributed by atoms with E-state index in [4.69, 9.17) is 0 Å². The molecule has 20 heavy (non-hydrogen) atoms. The molecule has 2 rings (SSSR count). The molecule has 0 aliphatic rings. The van der Waals surface area contributed by atoms with Crippen LogP contribution in [0.5, 0.6) is 0 Å². The first-order chi connectivity index (χ1) is 9.74. The molecular formula is C12H21N7S. The van der Waals surface area contributed by atoms with E-state index >= 15 is 0 Å². The number of hydrogen-bond acceptors (Lipinski definition) is 6. The quantitative estimate of drug-likeness (QED) is 0.741. The molecule has 2 heterocycles. The average molecular weight is 295 g/mol. The predicted molar refractivity (Wildman–Crippen MR) is 78.5 cm³/mol. The molecule has 0 bridgehead atoms. The van der Waals surface area contributed by atoms with Crippen molar-refractivity contribution in [3.63, 3.8) is 0 Å². The first-order valence-corrected chi connectivity index (χ1v) is 7.80. The number of nitrogens with zero attached hydrogens (tertiary/aromatic N) is 6. The van der Waals surface area contributed by atoms with Gasteiger partial charge in [0.25, 0.3) is 0 Å². The van der Waals surface area contributed by atoms with Crippen LogP contribution in [0.2, 0.25) is 0 Å². The van der Waals surface area contributed by atoms with Crippen LogP contribution < -0.4 is 5.32 Å². The fourth-order valence-electron chi connectivity index (χ4n) is 1.68. The van der Waals surface area contributed by atoms with Crippen LogP contribution in [0.3, 0.4) is 0 Å². The highest BCUT2D eigenvalue weighted by Crippen LogP contribution is 2.19. The number of aromatic nitrogens is 6. The molecule has 0 aliphatic carbocycles. The average Bonchev–Trinajstić information content (AvgIpc) is 3.11. The zero-order valence-electron chi connectivity index (χ0n) is 12.2. The number of nitrogens with one attached hydrogen (secondary N) is 1. The number of hydrogen-bond donors (Lipinski definition) is 1. The van der Waals surface area contributed by atoms with Crippen molar-refractivity contribution in [2.45, 2.75) is 43.8 Å². The van der Waals surface area contributed by atoms with Crippen LogP contribution in [0.4, 0.5) is 0 Å². The highest BCUT2D eigenvalue weighted by atomic mass is 32.2. The van der Waals surface area contributed by atoms with Crippen molar-refractivity contribution in [1.29, 1.82) is 0 Å². The Kier molecular flexibility index (Phi) is 5.54. The van der Waals surface area contributed by atoms with Gasteiger partial charge in [-0.1, -0.05) is 18.7 Å². The minimum atomic E-state index is 0.440. The van der Waals surface area contributed by atoms with Crippen molar-refractivity contribution in [3.05, 3.63) is 18.0 Å². The summed E-state index contributed by atoms with van der Waals surface area (Å²) in [6.07, 6.45) is 3.12. The van der Waals surface area contributed by atoms with Crippen LogP contribution in [-0.2, 0) is 12.3 Å². The largest absolute Gasteiger partial charge is 0.318 e. The summed E-state index contributed by atoms with van der Waals surface area (Å²) in [6, 6.07) is 2.50. The summed E-state index contributed by atoms with van der Waals surface area (Å²) >= 11 is 1.61. The van der Waals surface area contributed by atoms with E-state index in [0.717, 1.165) is 36.1 Å². The Labute approximate surface area is 123 Å². The van der Waals surface area contributed by atoms with Crippen molar-refractivity contribution >= 4 is 11.8 Å². The molecule has 0 aliphatic heterocycles. The third-order valence-corrected chi connectivity index (χ3v) is 4.12. The Bertz CT molecular complexity index is 521. The van der Waals surface area contributed by atoms with Crippen LogP contribution in [-0.4, -0.2) is 43.6 Å². The second-order valence-corrected chi connectivity index (χ2v) is 5.56. The van der Waals surface area contributed by atoms with Gasteiger partial charge in [0.2, 0.25) is 5.16 Å². The van der Waals surface area contributed by atoms with Gasteiger partial charge in [-0.05, 0) is 36.9 Å². The second kappa shape index (κ2) is 7.39. The van der Waals surface area contributed by atoms with Gasteiger partial charge in [0.1, 0.15) is 0 Å². The fourth-order valence-corrected chi connectivity index (χ4v) is 2.49. The monoisotopic (exact) mass is 295 g/mol. The van der Waals surface area contributed by atoms with E-state index in [-0.39, 0.29) is 0 Å². The highest BCUT2D eigenvalue weighted by Gasteiger charge is 2.09. The van der Waals surface area contributed by atoms with Gasteiger partial charge in [0.15, 0.2) is 0 Å². The van der Waals surface area contributed by atoms with Crippen molar-refractivity contribution in [2.24, 2.45) is 0 Å². The first kappa shape index (κ1) is 15.0. The fraction of sp³-hybridized carbons (Fsp3) is 0.667. The van der Waals surface area contributed by atoms with Crippen LogP contribution in [0.25, 0.3) is 0 Å². The summed E-state index contributed by atoms with van der Waals surface area (Å²) in [7, 11) is 1.92. The summed E-state index contributed by atoms with van der Waals surface area (Å²) in [5, 5.41) is 20.2. The van der Waals surface area contributed by atoms with Crippen molar-refractivity contribution < 1.29 is 0 Å². The van der Waals surface area contributed by atoms with E-state index in [2.05, 4.69) is 45.9 Å². The molecule has 1 N–H and O–H groups in total. The molecule has 0 spiro atoms. The maximum Gasteiger partial charge on any atom is 0.209 e. The van der Waals surface area contributed by atoms with E-state index in [9.17, 15) is 0 Å². The van der Waals surface area contributed by atoms with Gasteiger partial charge >= 0.3 is 0 Å². The molecule has 0 aromatic carbocycles. The Hall–Kier alpha value is -1.41. The molecule has 0 amide bonds. The van der Waals surface area contributed by atoms with Gasteiger partial charge in [0.05, 0.1) is 12.2 Å². The van der Waals surface area contributed by atoms with Crippen LogP contribution >= 0.6 is 11.8 Å². The normalized spacial score (nSPS) is 12.8. The third kappa shape index (κ3) is 3.80. The maximum atomic E-state index is 4.58.